The van der Waals surface area contributed by atoms with Crippen molar-refractivity contribution in [1.29, 1.82) is 0 Å². The Labute approximate surface area is 126 Å². The van der Waals surface area contributed by atoms with Gasteiger partial charge in [-0.15, -0.1) is 0 Å². The van der Waals surface area contributed by atoms with Gasteiger partial charge in [-0.25, -0.2) is 0 Å². The molecule has 21 heavy (non-hydrogen) atoms. The van der Waals surface area contributed by atoms with Gasteiger partial charge in [-0.3, -0.25) is 4.98 Å². The highest BCUT2D eigenvalue weighted by Gasteiger charge is 2.09. The third kappa shape index (κ3) is 2.87. The minimum atomic E-state index is 1.02. The van der Waals surface area contributed by atoms with Gasteiger partial charge in [-0.2, -0.15) is 0 Å². The van der Waals surface area contributed by atoms with Crippen molar-refractivity contribution < 1.29 is 0 Å². The molecule has 0 bridgehead atoms. The second-order valence-corrected chi connectivity index (χ2v) is 5.64. The molecule has 104 valence electrons. The lowest BCUT2D eigenvalue weighted by Crippen LogP contribution is -1.90. The Morgan fingerprint density at radius 3 is 2.10 bits per heavy atom. The van der Waals surface area contributed by atoms with Crippen LogP contribution in [0, 0.1) is 20.8 Å². The summed E-state index contributed by atoms with van der Waals surface area (Å²) in [4.78, 5) is 4.52. The molecule has 0 aliphatic rings. The second-order valence-electron chi connectivity index (χ2n) is 5.64. The minimum absolute atomic E-state index is 1.02. The van der Waals surface area contributed by atoms with Gasteiger partial charge in [0.1, 0.15) is 0 Å². The van der Waals surface area contributed by atoms with Crippen LogP contribution in [-0.4, -0.2) is 4.98 Å². The quantitative estimate of drug-likeness (QED) is 0.614. The summed E-state index contributed by atoms with van der Waals surface area (Å²) in [5, 5.41) is 0. The van der Waals surface area contributed by atoms with Crippen LogP contribution in [-0.2, 0) is 0 Å². The molecule has 1 heteroatoms. The molecule has 0 aliphatic carbocycles. The predicted octanol–water partition coefficient (Wildman–Crippen LogP) is 5.34. The number of rotatable bonds is 2. The fourth-order valence-corrected chi connectivity index (χ4v) is 2.77. The van der Waals surface area contributed by atoms with E-state index < -0.39 is 0 Å². The lowest BCUT2D eigenvalue weighted by molar-refractivity contribution is 1.31. The van der Waals surface area contributed by atoms with E-state index in [9.17, 15) is 0 Å². The van der Waals surface area contributed by atoms with E-state index in [-0.39, 0.29) is 0 Å². The highest BCUT2D eigenvalue weighted by Crippen LogP contribution is 2.32. The van der Waals surface area contributed by atoms with Gasteiger partial charge in [0, 0.05) is 11.8 Å². The molecule has 0 fully saturated rings. The van der Waals surface area contributed by atoms with Crippen LogP contribution in [0.1, 0.15) is 16.7 Å². The maximum atomic E-state index is 4.52. The first-order chi connectivity index (χ1) is 10.1. The first-order valence-electron chi connectivity index (χ1n) is 7.24. The zero-order valence-corrected chi connectivity index (χ0v) is 12.7. The predicted molar refractivity (Wildman–Crippen MR) is 89.3 cm³/mol. The van der Waals surface area contributed by atoms with Crippen molar-refractivity contribution in [2.24, 2.45) is 0 Å². The Hall–Kier alpha value is -2.41. The fourth-order valence-electron chi connectivity index (χ4n) is 2.77. The molecule has 1 heterocycles. The summed E-state index contributed by atoms with van der Waals surface area (Å²) in [5.74, 6) is 0. The number of aryl methyl sites for hydroxylation is 3. The molecule has 2 aromatic carbocycles. The van der Waals surface area contributed by atoms with E-state index in [0.717, 1.165) is 5.69 Å². The van der Waals surface area contributed by atoms with Crippen molar-refractivity contribution in [3.05, 3.63) is 77.5 Å². The number of aromatic nitrogens is 1. The van der Waals surface area contributed by atoms with Gasteiger partial charge in [-0.05, 0) is 50.1 Å². The van der Waals surface area contributed by atoms with Gasteiger partial charge in [-0.1, -0.05) is 53.1 Å². The Bertz CT molecular complexity index is 753. The van der Waals surface area contributed by atoms with Crippen LogP contribution in [0.15, 0.2) is 60.8 Å². The van der Waals surface area contributed by atoms with Crippen LogP contribution in [0.3, 0.4) is 0 Å². The average Bonchev–Trinajstić information content (AvgIpc) is 2.47. The van der Waals surface area contributed by atoms with Crippen LogP contribution >= 0.6 is 0 Å². The van der Waals surface area contributed by atoms with E-state index in [1.54, 1.807) is 0 Å². The Balaban J connectivity index is 2.23. The molecule has 0 amide bonds. The standard InChI is InChI=1S/C20H19N/c1-14-7-8-18(17-11-15(2)10-16(3)12-17)19(13-14)20-6-4-5-9-21-20/h4-13H,1-3H3. The summed E-state index contributed by atoms with van der Waals surface area (Å²) in [5.41, 5.74) is 8.55. The Morgan fingerprint density at radius 2 is 1.43 bits per heavy atom. The van der Waals surface area contributed by atoms with E-state index in [1.165, 1.54) is 33.4 Å². The molecule has 0 radical (unpaired) electrons. The van der Waals surface area contributed by atoms with E-state index in [4.69, 9.17) is 0 Å². The molecule has 1 aromatic heterocycles. The molecular formula is C20H19N. The first-order valence-corrected chi connectivity index (χ1v) is 7.24. The summed E-state index contributed by atoms with van der Waals surface area (Å²) in [6.45, 7) is 6.41. The Kier molecular flexibility index (Phi) is 3.57. The molecule has 3 rings (SSSR count). The lowest BCUT2D eigenvalue weighted by atomic mass is 9.93. The third-order valence-corrected chi connectivity index (χ3v) is 3.65. The van der Waals surface area contributed by atoms with Gasteiger partial charge >= 0.3 is 0 Å². The number of nitrogens with zero attached hydrogens (tertiary/aromatic N) is 1. The van der Waals surface area contributed by atoms with Crippen LogP contribution in [0.5, 0.6) is 0 Å². The molecule has 0 N–H and O–H groups in total. The largest absolute Gasteiger partial charge is 0.256 e. The molecular weight excluding hydrogens is 254 g/mol. The molecule has 1 nitrogen and oxygen atoms in total. The topological polar surface area (TPSA) is 12.9 Å². The van der Waals surface area contributed by atoms with Gasteiger partial charge in [0.25, 0.3) is 0 Å². The highest BCUT2D eigenvalue weighted by atomic mass is 14.7. The van der Waals surface area contributed by atoms with Crippen LogP contribution in [0.25, 0.3) is 22.4 Å². The number of benzene rings is 2. The van der Waals surface area contributed by atoms with Crippen molar-refractivity contribution >= 4 is 0 Å². The molecule has 0 unspecified atom stereocenters. The maximum Gasteiger partial charge on any atom is 0.0708 e. The summed E-state index contributed by atoms with van der Waals surface area (Å²) < 4.78 is 0. The maximum absolute atomic E-state index is 4.52. The number of pyridine rings is 1. The first kappa shape index (κ1) is 13.6. The number of hydrogen-bond donors (Lipinski definition) is 0. The van der Waals surface area contributed by atoms with Crippen molar-refractivity contribution in [2.75, 3.05) is 0 Å². The second kappa shape index (κ2) is 5.53. The molecule has 0 aliphatic heterocycles. The molecule has 0 atom stereocenters. The number of hydrogen-bond acceptors (Lipinski definition) is 1. The summed E-state index contributed by atoms with van der Waals surface area (Å²) in [6, 6.07) is 19.3. The third-order valence-electron chi connectivity index (χ3n) is 3.65. The van der Waals surface area contributed by atoms with Gasteiger partial charge in [0.15, 0.2) is 0 Å². The highest BCUT2D eigenvalue weighted by molar-refractivity contribution is 5.82. The molecule has 0 saturated carbocycles. The zero-order chi connectivity index (χ0) is 14.8. The molecule has 3 aromatic rings. The fraction of sp³-hybridized carbons (Fsp3) is 0.150. The van der Waals surface area contributed by atoms with Crippen LogP contribution in [0.2, 0.25) is 0 Å². The van der Waals surface area contributed by atoms with Crippen LogP contribution < -0.4 is 0 Å². The summed E-state index contributed by atoms with van der Waals surface area (Å²) >= 11 is 0. The van der Waals surface area contributed by atoms with Gasteiger partial charge in [0.05, 0.1) is 5.69 Å². The normalized spacial score (nSPS) is 10.6. The summed E-state index contributed by atoms with van der Waals surface area (Å²) in [7, 11) is 0. The Morgan fingerprint density at radius 1 is 0.667 bits per heavy atom. The van der Waals surface area contributed by atoms with E-state index in [0.29, 0.717) is 0 Å². The van der Waals surface area contributed by atoms with Crippen molar-refractivity contribution in [3.63, 3.8) is 0 Å². The molecule has 0 spiro atoms. The van der Waals surface area contributed by atoms with Crippen LogP contribution in [0.4, 0.5) is 0 Å². The van der Waals surface area contributed by atoms with E-state index in [2.05, 4.69) is 68.2 Å². The van der Waals surface area contributed by atoms with Crippen molar-refractivity contribution in [3.8, 4) is 22.4 Å². The monoisotopic (exact) mass is 273 g/mol. The molecule has 0 saturated heterocycles. The van der Waals surface area contributed by atoms with E-state index in [1.807, 2.05) is 18.3 Å². The van der Waals surface area contributed by atoms with Crippen molar-refractivity contribution in [1.82, 2.24) is 4.98 Å². The average molecular weight is 273 g/mol. The van der Waals surface area contributed by atoms with Crippen molar-refractivity contribution in [2.45, 2.75) is 20.8 Å². The van der Waals surface area contributed by atoms with Gasteiger partial charge < -0.3 is 0 Å². The lowest BCUT2D eigenvalue weighted by Gasteiger charge is -2.12. The smallest absolute Gasteiger partial charge is 0.0708 e. The van der Waals surface area contributed by atoms with E-state index >= 15 is 0 Å². The van der Waals surface area contributed by atoms with Gasteiger partial charge in [0.2, 0.25) is 0 Å². The SMILES string of the molecule is Cc1cc(C)cc(-c2ccc(C)cc2-c2ccccn2)c1. The minimum Gasteiger partial charge on any atom is -0.256 e. The summed E-state index contributed by atoms with van der Waals surface area (Å²) in [6.07, 6.45) is 1.85. The zero-order valence-electron chi connectivity index (χ0n) is 12.7.